The van der Waals surface area contributed by atoms with E-state index < -0.39 is 18.4 Å². The van der Waals surface area contributed by atoms with Crippen LogP contribution in [0.3, 0.4) is 0 Å². The maximum absolute atomic E-state index is 12.7. The first-order chi connectivity index (χ1) is 14.3. The molecule has 0 radical (unpaired) electrons. The number of aliphatic carboxylic acids is 1. The van der Waals surface area contributed by atoms with Gasteiger partial charge >= 0.3 is 5.97 Å². The molecule has 12 heteroatoms. The fourth-order valence-electron chi connectivity index (χ4n) is 3.08. The minimum absolute atomic E-state index is 0.0648. The van der Waals surface area contributed by atoms with Gasteiger partial charge in [0.15, 0.2) is 0 Å². The number of carbonyl (C=O) groups excluding carboxylic acids is 2. The summed E-state index contributed by atoms with van der Waals surface area (Å²) >= 11 is 12.4. The van der Waals surface area contributed by atoms with Crippen LogP contribution in [0.4, 0.5) is 11.4 Å². The molecule has 0 aliphatic carbocycles. The van der Waals surface area contributed by atoms with Gasteiger partial charge in [0, 0.05) is 24.7 Å². The van der Waals surface area contributed by atoms with Gasteiger partial charge in [-0.2, -0.15) is 0 Å². The zero-order valence-corrected chi connectivity index (χ0v) is 19.4. The van der Waals surface area contributed by atoms with Crippen molar-refractivity contribution in [3.05, 3.63) is 44.6 Å². The van der Waals surface area contributed by atoms with Gasteiger partial charge in [-0.3, -0.25) is 14.4 Å². The largest absolute Gasteiger partial charge is 0.480 e. The van der Waals surface area contributed by atoms with Crippen LogP contribution in [0.5, 0.6) is 0 Å². The lowest BCUT2D eigenvalue weighted by atomic mass is 10.1. The molecule has 1 aliphatic rings. The molecule has 9 nitrogen and oxygen atoms in total. The van der Waals surface area contributed by atoms with E-state index in [1.807, 2.05) is 4.90 Å². The average molecular weight is 564 g/mol. The molecule has 30 heavy (non-hydrogen) atoms. The van der Waals surface area contributed by atoms with Crippen molar-refractivity contribution < 1.29 is 19.5 Å². The van der Waals surface area contributed by atoms with Crippen molar-refractivity contribution in [1.82, 2.24) is 15.1 Å². The van der Waals surface area contributed by atoms with Gasteiger partial charge in [-0.25, -0.2) is 4.84 Å². The second-order valence-electron chi connectivity index (χ2n) is 6.65. The molecule has 1 atom stereocenters. The Morgan fingerprint density at radius 1 is 1.23 bits per heavy atom. The predicted octanol–water partition coefficient (Wildman–Crippen LogP) is 2.93. The number of aromatic amines is 1. The summed E-state index contributed by atoms with van der Waals surface area (Å²) in [5, 5.41) is 14.0. The van der Waals surface area contributed by atoms with Crippen LogP contribution in [0.15, 0.2) is 33.3 Å². The summed E-state index contributed by atoms with van der Waals surface area (Å²) in [7, 11) is 0. The van der Waals surface area contributed by atoms with E-state index in [4.69, 9.17) is 16.9 Å². The summed E-state index contributed by atoms with van der Waals surface area (Å²) in [6.07, 6.45) is 0.794. The number of H-pyrrole nitrogens is 1. The van der Waals surface area contributed by atoms with Crippen molar-refractivity contribution in [2.24, 2.45) is 0 Å². The molecule has 1 saturated heterocycles. The minimum Gasteiger partial charge on any atom is -0.480 e. The van der Waals surface area contributed by atoms with Crippen molar-refractivity contribution in [2.75, 3.05) is 29.9 Å². The zero-order chi connectivity index (χ0) is 21.8. The molecule has 0 saturated carbocycles. The van der Waals surface area contributed by atoms with Crippen molar-refractivity contribution >= 4 is 72.8 Å². The van der Waals surface area contributed by atoms with Gasteiger partial charge in [-0.1, -0.05) is 0 Å². The normalized spacial score (nSPS) is 15.8. The zero-order valence-electron chi connectivity index (χ0n) is 15.5. The summed E-state index contributed by atoms with van der Waals surface area (Å²) in [6.45, 7) is 0.782. The molecular formula is C18H18Br2ClN5O4. The summed E-state index contributed by atoms with van der Waals surface area (Å²) in [4.78, 5) is 43.3. The molecule has 0 bridgehead atoms. The molecule has 160 valence electrons. The molecule has 0 spiro atoms. The van der Waals surface area contributed by atoms with Gasteiger partial charge in [0.05, 0.1) is 20.5 Å². The van der Waals surface area contributed by atoms with Gasteiger partial charge in [0.2, 0.25) is 0 Å². The maximum Gasteiger partial charge on any atom is 0.322 e. The SMILES string of the molecule is O=C(O)CNC(=O)c1ccc(NC(=O)c2cc(Br)c(Br)[nH]2)c(N2CC[C@H](NCl)C2)c1. The third-order valence-electron chi connectivity index (χ3n) is 4.56. The number of nitrogens with zero attached hydrogens (tertiary/aromatic N) is 1. The number of carbonyl (C=O) groups is 3. The first kappa shape index (κ1) is 22.6. The Morgan fingerprint density at radius 2 is 2.00 bits per heavy atom. The third kappa shape index (κ3) is 5.34. The fourth-order valence-corrected chi connectivity index (χ4v) is 3.92. The summed E-state index contributed by atoms with van der Waals surface area (Å²) in [5.74, 6) is -2.00. The van der Waals surface area contributed by atoms with Crippen molar-refractivity contribution in [1.29, 1.82) is 0 Å². The molecule has 2 amide bonds. The Morgan fingerprint density at radius 3 is 2.60 bits per heavy atom. The van der Waals surface area contributed by atoms with Gasteiger partial charge in [-0.05, 0) is 74.3 Å². The average Bonchev–Trinajstić information content (AvgIpc) is 3.33. The van der Waals surface area contributed by atoms with Crippen LogP contribution >= 0.6 is 43.6 Å². The molecule has 2 heterocycles. The lowest BCUT2D eigenvalue weighted by Gasteiger charge is -2.23. The molecule has 2 aromatic rings. The standard InChI is InChI=1S/C18H18Br2ClN5O4/c19-11-6-13(23-16(11)20)18(30)24-12-2-1-9(17(29)22-7-15(27)28)5-14(12)26-4-3-10(8-26)25-21/h1-2,5-6,10,23,25H,3-4,7-8H2,(H,22,29)(H,24,30)(H,27,28)/t10-/m0/s1. The van der Waals surface area contributed by atoms with E-state index in [9.17, 15) is 14.4 Å². The molecule has 1 aromatic carbocycles. The van der Waals surface area contributed by atoms with E-state index >= 15 is 0 Å². The quantitative estimate of drug-likeness (QED) is 0.330. The number of aromatic nitrogens is 1. The highest BCUT2D eigenvalue weighted by Crippen LogP contribution is 2.31. The Kier molecular flexibility index (Phi) is 7.40. The molecule has 5 N–H and O–H groups in total. The van der Waals surface area contributed by atoms with Crippen LogP contribution in [-0.4, -0.2) is 53.6 Å². The van der Waals surface area contributed by atoms with Crippen molar-refractivity contribution in [2.45, 2.75) is 12.5 Å². The summed E-state index contributed by atoms with van der Waals surface area (Å²) < 4.78 is 1.36. The molecule has 0 unspecified atom stereocenters. The maximum atomic E-state index is 12.7. The number of benzene rings is 1. The van der Waals surface area contributed by atoms with Crippen LogP contribution in [0.25, 0.3) is 0 Å². The van der Waals surface area contributed by atoms with Crippen LogP contribution in [0.2, 0.25) is 0 Å². The van der Waals surface area contributed by atoms with Crippen LogP contribution in [0.1, 0.15) is 27.3 Å². The van der Waals surface area contributed by atoms with Crippen molar-refractivity contribution in [3.8, 4) is 0 Å². The number of hydrogen-bond donors (Lipinski definition) is 5. The Bertz CT molecular complexity index is 964. The first-order valence-electron chi connectivity index (χ1n) is 8.89. The number of amides is 2. The van der Waals surface area contributed by atoms with E-state index in [1.165, 1.54) is 6.07 Å². The molecule has 3 rings (SSSR count). The van der Waals surface area contributed by atoms with Crippen LogP contribution < -0.4 is 20.4 Å². The lowest BCUT2D eigenvalue weighted by molar-refractivity contribution is -0.135. The first-order valence-corrected chi connectivity index (χ1v) is 10.9. The Balaban J connectivity index is 1.88. The number of anilines is 2. The van der Waals surface area contributed by atoms with E-state index in [-0.39, 0.29) is 17.5 Å². The van der Waals surface area contributed by atoms with E-state index in [0.717, 1.165) is 6.42 Å². The van der Waals surface area contributed by atoms with E-state index in [2.05, 4.69) is 52.3 Å². The number of nitrogens with one attached hydrogen (secondary N) is 4. The molecule has 1 aliphatic heterocycles. The molecule has 1 fully saturated rings. The number of hydrogen-bond acceptors (Lipinski definition) is 5. The lowest BCUT2D eigenvalue weighted by Crippen LogP contribution is -2.30. The second-order valence-corrected chi connectivity index (χ2v) is 8.51. The second kappa shape index (κ2) is 9.82. The van der Waals surface area contributed by atoms with E-state index in [0.29, 0.717) is 39.2 Å². The summed E-state index contributed by atoms with van der Waals surface area (Å²) in [6, 6.07) is 6.50. The fraction of sp³-hybridized carbons (Fsp3) is 0.278. The van der Waals surface area contributed by atoms with Gasteiger partial charge in [0.1, 0.15) is 12.2 Å². The van der Waals surface area contributed by atoms with Gasteiger partial charge in [-0.15, -0.1) is 0 Å². The van der Waals surface area contributed by atoms with Gasteiger partial charge < -0.3 is 25.6 Å². The van der Waals surface area contributed by atoms with Crippen LogP contribution in [0, 0.1) is 0 Å². The third-order valence-corrected chi connectivity index (χ3v) is 6.65. The number of carboxylic acids is 1. The Labute approximate surface area is 193 Å². The highest BCUT2D eigenvalue weighted by Gasteiger charge is 2.25. The molecular weight excluding hydrogens is 545 g/mol. The topological polar surface area (TPSA) is 127 Å². The van der Waals surface area contributed by atoms with Crippen LogP contribution in [-0.2, 0) is 4.79 Å². The van der Waals surface area contributed by atoms with E-state index in [1.54, 1.807) is 18.2 Å². The highest BCUT2D eigenvalue weighted by molar-refractivity contribution is 9.13. The Hall–Kier alpha value is -2.08. The smallest absolute Gasteiger partial charge is 0.322 e. The minimum atomic E-state index is -1.13. The molecule has 1 aromatic heterocycles. The van der Waals surface area contributed by atoms with Crippen molar-refractivity contribution in [3.63, 3.8) is 0 Å². The monoisotopic (exact) mass is 561 g/mol. The van der Waals surface area contributed by atoms with Gasteiger partial charge in [0.25, 0.3) is 11.8 Å². The highest BCUT2D eigenvalue weighted by atomic mass is 79.9. The number of rotatable bonds is 7. The predicted molar refractivity (Wildman–Crippen MR) is 120 cm³/mol. The summed E-state index contributed by atoms with van der Waals surface area (Å²) in [5.41, 5.74) is 1.80. The number of halogens is 3. The number of carboxylic acid groups (broad SMARTS) is 1.